The van der Waals surface area contributed by atoms with Crippen molar-refractivity contribution in [3.05, 3.63) is 12.4 Å². The Hall–Kier alpha value is -1.45. The first kappa shape index (κ1) is 15.6. The van der Waals surface area contributed by atoms with Gasteiger partial charge in [-0.1, -0.05) is 0 Å². The molecule has 0 aliphatic heterocycles. The topological polar surface area (TPSA) is 113 Å². The fraction of sp³-hybridized carbons (Fsp3) is 0.600. The quantitative estimate of drug-likeness (QED) is 0.691. The van der Waals surface area contributed by atoms with E-state index in [0.717, 1.165) is 10.5 Å². The second kappa shape index (κ2) is 6.13. The Morgan fingerprint density at radius 2 is 2.21 bits per heavy atom. The van der Waals surface area contributed by atoms with Crippen molar-refractivity contribution in [3.8, 4) is 0 Å². The summed E-state index contributed by atoms with van der Waals surface area (Å²) in [5, 5.41) is 21.5. The average Bonchev–Trinajstić information content (AvgIpc) is 2.74. The number of carbonyl (C=O) groups is 1. The Bertz CT molecular complexity index is 537. The number of nitrogens with zero attached hydrogens (tertiary/aromatic N) is 3. The van der Waals surface area contributed by atoms with E-state index in [9.17, 15) is 18.3 Å². The highest BCUT2D eigenvalue weighted by Gasteiger charge is 2.23. The van der Waals surface area contributed by atoms with Gasteiger partial charge in [0.25, 0.3) is 0 Å². The monoisotopic (exact) mass is 291 g/mol. The molecule has 0 fully saturated rings. The van der Waals surface area contributed by atoms with Crippen molar-refractivity contribution in [1.29, 1.82) is 0 Å². The molecule has 0 saturated carbocycles. The van der Waals surface area contributed by atoms with Gasteiger partial charge in [-0.2, -0.15) is 9.40 Å². The van der Waals surface area contributed by atoms with Gasteiger partial charge in [-0.15, -0.1) is 0 Å². The normalized spacial score (nSPS) is 13.7. The largest absolute Gasteiger partial charge is 0.481 e. The standard InChI is InChI=1S/C10H17N3O5S/c1-8(14)6-12(2)19(17,18)9-5-11-13(7-9)4-3-10(15)16/h5,7-8,14H,3-4,6H2,1-2H3,(H,15,16). The van der Waals surface area contributed by atoms with Crippen LogP contribution in [0.4, 0.5) is 0 Å². The molecule has 1 aromatic heterocycles. The minimum absolute atomic E-state index is 0.0252. The van der Waals surface area contributed by atoms with E-state index < -0.39 is 22.1 Å². The van der Waals surface area contributed by atoms with Crippen molar-refractivity contribution >= 4 is 16.0 Å². The van der Waals surface area contributed by atoms with E-state index in [4.69, 9.17) is 5.11 Å². The number of sulfonamides is 1. The van der Waals surface area contributed by atoms with E-state index >= 15 is 0 Å². The zero-order chi connectivity index (χ0) is 14.6. The third kappa shape index (κ3) is 4.30. The first-order valence-electron chi connectivity index (χ1n) is 5.62. The molecule has 9 heteroatoms. The van der Waals surface area contributed by atoms with Gasteiger partial charge in [-0.25, -0.2) is 8.42 Å². The number of aromatic nitrogens is 2. The molecule has 0 bridgehead atoms. The predicted octanol–water partition coefficient (Wildman–Crippen LogP) is -0.641. The number of aliphatic carboxylic acids is 1. The van der Waals surface area contributed by atoms with Gasteiger partial charge >= 0.3 is 5.97 Å². The molecule has 0 saturated heterocycles. The first-order valence-corrected chi connectivity index (χ1v) is 7.06. The summed E-state index contributed by atoms with van der Waals surface area (Å²) in [6.07, 6.45) is 1.53. The summed E-state index contributed by atoms with van der Waals surface area (Å²) in [6.45, 7) is 1.57. The Kier molecular flexibility index (Phi) is 5.04. The number of carboxylic acids is 1. The molecule has 0 aliphatic rings. The molecule has 19 heavy (non-hydrogen) atoms. The summed E-state index contributed by atoms with van der Waals surface area (Å²) >= 11 is 0. The van der Waals surface area contributed by atoms with Gasteiger partial charge in [-0.05, 0) is 6.92 Å². The van der Waals surface area contributed by atoms with Crippen molar-refractivity contribution < 1.29 is 23.4 Å². The van der Waals surface area contributed by atoms with Crippen LogP contribution >= 0.6 is 0 Å². The van der Waals surface area contributed by atoms with Crippen LogP contribution in [-0.4, -0.2) is 58.4 Å². The molecule has 0 aromatic carbocycles. The maximum Gasteiger partial charge on any atom is 0.305 e. The van der Waals surface area contributed by atoms with Gasteiger partial charge in [0.05, 0.1) is 25.3 Å². The minimum atomic E-state index is -3.71. The molecular weight excluding hydrogens is 274 g/mol. The van der Waals surface area contributed by atoms with Gasteiger partial charge in [0.15, 0.2) is 0 Å². The molecular formula is C10H17N3O5S. The van der Waals surface area contributed by atoms with Crippen LogP contribution in [0.1, 0.15) is 13.3 Å². The smallest absolute Gasteiger partial charge is 0.305 e. The van der Waals surface area contributed by atoms with Crippen LogP contribution in [0.2, 0.25) is 0 Å². The molecule has 2 N–H and O–H groups in total. The van der Waals surface area contributed by atoms with E-state index in [1.54, 1.807) is 0 Å². The SMILES string of the molecule is CC(O)CN(C)S(=O)(=O)c1cnn(CCC(=O)O)c1. The summed E-state index contributed by atoms with van der Waals surface area (Å²) in [7, 11) is -2.35. The van der Waals surface area contributed by atoms with Crippen LogP contribution in [0, 0.1) is 0 Å². The lowest BCUT2D eigenvalue weighted by Gasteiger charge is -2.17. The highest BCUT2D eigenvalue weighted by Crippen LogP contribution is 2.13. The van der Waals surface area contributed by atoms with Crippen molar-refractivity contribution in [2.45, 2.75) is 30.9 Å². The van der Waals surface area contributed by atoms with Crippen LogP contribution in [0.25, 0.3) is 0 Å². The maximum absolute atomic E-state index is 12.1. The Labute approximate surface area is 111 Å². The first-order chi connectivity index (χ1) is 8.73. The van der Waals surface area contributed by atoms with Crippen molar-refractivity contribution in [1.82, 2.24) is 14.1 Å². The average molecular weight is 291 g/mol. The third-order valence-corrected chi connectivity index (χ3v) is 4.17. The van der Waals surface area contributed by atoms with E-state index in [2.05, 4.69) is 5.10 Å². The van der Waals surface area contributed by atoms with Crippen LogP contribution in [0.5, 0.6) is 0 Å². The van der Waals surface area contributed by atoms with Crippen molar-refractivity contribution in [2.24, 2.45) is 0 Å². The molecule has 0 radical (unpaired) electrons. The second-order valence-electron chi connectivity index (χ2n) is 4.22. The number of hydrogen-bond acceptors (Lipinski definition) is 5. The summed E-state index contributed by atoms with van der Waals surface area (Å²) in [6, 6.07) is 0. The molecule has 1 aromatic rings. The van der Waals surface area contributed by atoms with E-state index in [1.807, 2.05) is 0 Å². The molecule has 1 heterocycles. The van der Waals surface area contributed by atoms with Gasteiger partial charge in [0.2, 0.25) is 10.0 Å². The number of likely N-dealkylation sites (N-methyl/N-ethyl adjacent to an activating group) is 1. The van der Waals surface area contributed by atoms with Crippen molar-refractivity contribution in [2.75, 3.05) is 13.6 Å². The van der Waals surface area contributed by atoms with Crippen molar-refractivity contribution in [3.63, 3.8) is 0 Å². The van der Waals surface area contributed by atoms with Gasteiger partial charge in [0.1, 0.15) is 4.90 Å². The van der Waals surface area contributed by atoms with Gasteiger partial charge < -0.3 is 10.2 Å². The Morgan fingerprint density at radius 3 is 2.74 bits per heavy atom. The van der Waals surface area contributed by atoms with Gasteiger partial charge in [0, 0.05) is 19.8 Å². The molecule has 0 aliphatic carbocycles. The molecule has 108 valence electrons. The number of rotatable bonds is 7. The van der Waals surface area contributed by atoms with Crippen LogP contribution in [0.15, 0.2) is 17.3 Å². The Balaban J connectivity index is 2.82. The third-order valence-electron chi connectivity index (χ3n) is 2.39. The molecule has 1 rings (SSSR count). The summed E-state index contributed by atoms with van der Waals surface area (Å²) in [4.78, 5) is 10.4. The van der Waals surface area contributed by atoms with Gasteiger partial charge in [-0.3, -0.25) is 9.48 Å². The lowest BCUT2D eigenvalue weighted by molar-refractivity contribution is -0.137. The van der Waals surface area contributed by atoms with E-state index in [-0.39, 0.29) is 24.4 Å². The fourth-order valence-electron chi connectivity index (χ4n) is 1.46. The van der Waals surface area contributed by atoms with Crippen LogP contribution in [-0.2, 0) is 21.4 Å². The fourth-order valence-corrected chi connectivity index (χ4v) is 2.67. The molecule has 1 atom stereocenters. The highest BCUT2D eigenvalue weighted by molar-refractivity contribution is 7.89. The predicted molar refractivity (Wildman–Crippen MR) is 66.0 cm³/mol. The van der Waals surface area contributed by atoms with E-state index in [1.165, 1.54) is 24.9 Å². The summed E-state index contributed by atoms with van der Waals surface area (Å²) in [5.41, 5.74) is 0. The minimum Gasteiger partial charge on any atom is -0.481 e. The van der Waals surface area contributed by atoms with Crippen LogP contribution < -0.4 is 0 Å². The maximum atomic E-state index is 12.1. The van der Waals surface area contributed by atoms with E-state index in [0.29, 0.717) is 0 Å². The summed E-state index contributed by atoms with van der Waals surface area (Å²) in [5.74, 6) is -0.980. The summed E-state index contributed by atoms with van der Waals surface area (Å²) < 4.78 is 26.4. The number of aliphatic hydroxyl groups excluding tert-OH is 1. The number of aryl methyl sites for hydroxylation is 1. The zero-order valence-electron chi connectivity index (χ0n) is 10.7. The number of carboxylic acid groups (broad SMARTS) is 1. The molecule has 8 nitrogen and oxygen atoms in total. The number of hydrogen-bond donors (Lipinski definition) is 2. The highest BCUT2D eigenvalue weighted by atomic mass is 32.2. The molecule has 0 amide bonds. The molecule has 1 unspecified atom stereocenters. The lowest BCUT2D eigenvalue weighted by atomic mass is 10.4. The van der Waals surface area contributed by atoms with Crippen LogP contribution in [0.3, 0.4) is 0 Å². The zero-order valence-corrected chi connectivity index (χ0v) is 11.5. The molecule has 0 spiro atoms. The number of aliphatic hydroxyl groups is 1. The second-order valence-corrected chi connectivity index (χ2v) is 6.26. The lowest BCUT2D eigenvalue weighted by Crippen LogP contribution is -2.32. The Morgan fingerprint density at radius 1 is 1.58 bits per heavy atom.